The molecule has 2 aliphatic carbocycles. The molecule has 4 rings (SSSR count). The fraction of sp³-hybridized carbons (Fsp3) is 0.682. The van der Waals surface area contributed by atoms with Crippen LogP contribution in [-0.4, -0.2) is 30.0 Å². The molecule has 28 heavy (non-hydrogen) atoms. The van der Waals surface area contributed by atoms with Crippen LogP contribution in [0.15, 0.2) is 18.2 Å². The van der Waals surface area contributed by atoms with Crippen LogP contribution in [0.3, 0.4) is 0 Å². The fourth-order valence-corrected chi connectivity index (χ4v) is 5.79. The Morgan fingerprint density at radius 1 is 1.29 bits per heavy atom. The molecular formula is C22H31N3O3. The Hall–Kier alpha value is -2.11. The lowest BCUT2D eigenvalue weighted by molar-refractivity contribution is -0.384. The van der Waals surface area contributed by atoms with Crippen LogP contribution < -0.4 is 10.2 Å². The summed E-state index contributed by atoms with van der Waals surface area (Å²) in [5, 5.41) is 14.8. The van der Waals surface area contributed by atoms with Crippen molar-refractivity contribution in [3.05, 3.63) is 33.9 Å². The van der Waals surface area contributed by atoms with Crippen LogP contribution in [0.4, 0.5) is 11.4 Å². The lowest BCUT2D eigenvalue weighted by Gasteiger charge is -2.32. The first-order chi connectivity index (χ1) is 13.4. The summed E-state index contributed by atoms with van der Waals surface area (Å²) in [6.07, 6.45) is 7.33. The predicted molar refractivity (Wildman–Crippen MR) is 110 cm³/mol. The maximum Gasteiger partial charge on any atom is 0.293 e. The summed E-state index contributed by atoms with van der Waals surface area (Å²) in [6.45, 7) is 5.92. The molecule has 1 aromatic rings. The normalized spacial score (nSPS) is 30.3. The molecule has 1 amide bonds. The van der Waals surface area contributed by atoms with Gasteiger partial charge >= 0.3 is 0 Å². The molecule has 3 fully saturated rings. The van der Waals surface area contributed by atoms with Crippen LogP contribution in [-0.2, 0) is 0 Å². The summed E-state index contributed by atoms with van der Waals surface area (Å²) in [5.74, 6) is 2.45. The predicted octanol–water partition coefficient (Wildman–Crippen LogP) is 4.39. The number of carbonyl (C=O) groups excluding carboxylic acids is 1. The van der Waals surface area contributed by atoms with Crippen molar-refractivity contribution in [2.24, 2.45) is 23.7 Å². The third-order valence-electron chi connectivity index (χ3n) is 7.23. The van der Waals surface area contributed by atoms with E-state index in [4.69, 9.17) is 0 Å². The minimum Gasteiger partial charge on any atom is -0.366 e. The highest BCUT2D eigenvalue weighted by Crippen LogP contribution is 2.49. The van der Waals surface area contributed by atoms with Gasteiger partial charge in [0.05, 0.1) is 4.92 Å². The monoisotopic (exact) mass is 385 g/mol. The number of nitrogens with zero attached hydrogens (tertiary/aromatic N) is 2. The molecule has 0 radical (unpaired) electrons. The van der Waals surface area contributed by atoms with Crippen molar-refractivity contribution >= 4 is 17.3 Å². The summed E-state index contributed by atoms with van der Waals surface area (Å²) in [6, 6.07) is 5.07. The fourth-order valence-electron chi connectivity index (χ4n) is 5.79. The van der Waals surface area contributed by atoms with Gasteiger partial charge in [0.2, 0.25) is 0 Å². The van der Waals surface area contributed by atoms with E-state index in [-0.39, 0.29) is 22.6 Å². The van der Waals surface area contributed by atoms with Crippen molar-refractivity contribution in [3.63, 3.8) is 0 Å². The average molecular weight is 386 g/mol. The molecule has 0 aromatic heterocycles. The molecule has 1 heterocycles. The van der Waals surface area contributed by atoms with E-state index in [0.29, 0.717) is 23.1 Å². The van der Waals surface area contributed by atoms with Crippen molar-refractivity contribution in [1.29, 1.82) is 0 Å². The number of nitro groups is 1. The molecule has 0 spiro atoms. The van der Waals surface area contributed by atoms with Crippen molar-refractivity contribution in [2.45, 2.75) is 58.4 Å². The second-order valence-electron chi connectivity index (χ2n) is 9.25. The maximum atomic E-state index is 12.8. The first kappa shape index (κ1) is 19.2. The number of nitro benzene ring substituents is 1. The van der Waals surface area contributed by atoms with Gasteiger partial charge in [0, 0.05) is 30.8 Å². The van der Waals surface area contributed by atoms with Crippen molar-refractivity contribution in [1.82, 2.24) is 5.32 Å². The van der Waals surface area contributed by atoms with Crippen LogP contribution >= 0.6 is 0 Å². The highest BCUT2D eigenvalue weighted by Gasteiger charge is 2.42. The van der Waals surface area contributed by atoms with Crippen LogP contribution in [0.2, 0.25) is 0 Å². The smallest absolute Gasteiger partial charge is 0.293 e. The number of anilines is 1. The molecule has 1 N–H and O–H groups in total. The van der Waals surface area contributed by atoms with Crippen molar-refractivity contribution < 1.29 is 9.72 Å². The minimum atomic E-state index is -0.356. The van der Waals surface area contributed by atoms with Gasteiger partial charge in [-0.25, -0.2) is 0 Å². The Morgan fingerprint density at radius 2 is 2.11 bits per heavy atom. The Bertz CT molecular complexity index is 765. The summed E-state index contributed by atoms with van der Waals surface area (Å²) in [4.78, 5) is 26.2. The Balaban J connectivity index is 1.49. The molecule has 2 saturated carbocycles. The molecule has 5 atom stereocenters. The van der Waals surface area contributed by atoms with Gasteiger partial charge in [0.1, 0.15) is 5.69 Å². The highest BCUT2D eigenvalue weighted by molar-refractivity contribution is 5.96. The zero-order valence-corrected chi connectivity index (χ0v) is 16.9. The van der Waals surface area contributed by atoms with Gasteiger partial charge in [-0.2, -0.15) is 0 Å². The second kappa shape index (κ2) is 7.72. The van der Waals surface area contributed by atoms with Gasteiger partial charge in [-0.05, 0) is 74.8 Å². The number of fused-ring (bicyclic) bond motifs is 2. The van der Waals surface area contributed by atoms with E-state index in [1.54, 1.807) is 12.1 Å². The van der Waals surface area contributed by atoms with E-state index >= 15 is 0 Å². The molecule has 1 saturated heterocycles. The zero-order chi connectivity index (χ0) is 19.8. The van der Waals surface area contributed by atoms with Gasteiger partial charge in [0.25, 0.3) is 11.6 Å². The number of piperidine rings is 1. The zero-order valence-electron chi connectivity index (χ0n) is 16.9. The van der Waals surface area contributed by atoms with Gasteiger partial charge in [-0.3, -0.25) is 14.9 Å². The lowest BCUT2D eigenvalue weighted by Crippen LogP contribution is -2.40. The molecule has 6 heteroatoms. The number of nitrogens with one attached hydrogen (secondary N) is 1. The first-order valence-corrected chi connectivity index (χ1v) is 10.8. The van der Waals surface area contributed by atoms with Crippen LogP contribution in [0.5, 0.6) is 0 Å². The van der Waals surface area contributed by atoms with E-state index in [2.05, 4.69) is 24.1 Å². The Labute approximate surface area is 166 Å². The second-order valence-corrected chi connectivity index (χ2v) is 9.25. The molecule has 3 aliphatic rings. The average Bonchev–Trinajstić information content (AvgIpc) is 3.31. The Morgan fingerprint density at radius 3 is 2.75 bits per heavy atom. The van der Waals surface area contributed by atoms with Gasteiger partial charge in [0.15, 0.2) is 0 Å². The third-order valence-corrected chi connectivity index (χ3v) is 7.23. The lowest BCUT2D eigenvalue weighted by atomic mass is 9.84. The standard InChI is InChI=1S/C22H31N3O3/c1-14-4-3-9-24(13-14)20-8-7-18(12-21(20)25(27)28)22(26)23-15(2)19-11-16-5-6-17(19)10-16/h7-8,12,14-17,19H,3-6,9-11,13H2,1-2H3,(H,23,26)/t14-,15+,16+,17+,19+/m1/s1. The van der Waals surface area contributed by atoms with E-state index < -0.39 is 0 Å². The summed E-state index contributed by atoms with van der Waals surface area (Å²) in [7, 11) is 0. The largest absolute Gasteiger partial charge is 0.366 e. The van der Waals surface area contributed by atoms with Crippen molar-refractivity contribution in [3.8, 4) is 0 Å². The van der Waals surface area contributed by atoms with E-state index in [0.717, 1.165) is 37.8 Å². The Kier molecular flexibility index (Phi) is 5.30. The van der Waals surface area contributed by atoms with Crippen LogP contribution in [0.25, 0.3) is 0 Å². The molecule has 152 valence electrons. The number of hydrogen-bond donors (Lipinski definition) is 1. The van der Waals surface area contributed by atoms with Crippen molar-refractivity contribution in [2.75, 3.05) is 18.0 Å². The highest BCUT2D eigenvalue weighted by atomic mass is 16.6. The number of rotatable bonds is 5. The summed E-state index contributed by atoms with van der Waals surface area (Å²) in [5.41, 5.74) is 1.05. The molecular weight excluding hydrogens is 354 g/mol. The quantitative estimate of drug-likeness (QED) is 0.603. The molecule has 0 unspecified atom stereocenters. The van der Waals surface area contributed by atoms with Gasteiger partial charge < -0.3 is 10.2 Å². The summed E-state index contributed by atoms with van der Waals surface area (Å²) >= 11 is 0. The topological polar surface area (TPSA) is 75.5 Å². The molecule has 1 aromatic carbocycles. The van der Waals surface area contributed by atoms with Crippen LogP contribution in [0.1, 0.15) is 62.7 Å². The molecule has 6 nitrogen and oxygen atoms in total. The van der Waals surface area contributed by atoms with E-state index in [1.165, 1.54) is 31.7 Å². The maximum absolute atomic E-state index is 12.8. The molecule has 1 aliphatic heterocycles. The number of hydrogen-bond acceptors (Lipinski definition) is 4. The third kappa shape index (κ3) is 3.74. The first-order valence-electron chi connectivity index (χ1n) is 10.8. The SMILES string of the molecule is C[C@@H]1CCCN(c2ccc(C(=O)N[C@@H](C)[C@@H]3C[C@H]4CC[C@H]3C4)cc2[N+](=O)[O-])C1. The minimum absolute atomic E-state index is 0.0364. The van der Waals surface area contributed by atoms with E-state index in [1.807, 2.05) is 0 Å². The summed E-state index contributed by atoms with van der Waals surface area (Å²) < 4.78 is 0. The number of amides is 1. The number of carbonyl (C=O) groups is 1. The number of benzene rings is 1. The van der Waals surface area contributed by atoms with Gasteiger partial charge in [-0.15, -0.1) is 0 Å². The van der Waals surface area contributed by atoms with E-state index in [9.17, 15) is 14.9 Å². The van der Waals surface area contributed by atoms with Gasteiger partial charge in [-0.1, -0.05) is 13.3 Å². The van der Waals surface area contributed by atoms with Crippen LogP contribution in [0, 0.1) is 33.8 Å². The molecule has 2 bridgehead atoms.